The molecule has 1 aliphatic rings. The van der Waals surface area contributed by atoms with Crippen LogP contribution in [0.25, 0.3) is 6.08 Å². The lowest BCUT2D eigenvalue weighted by atomic mass is 10.1. The van der Waals surface area contributed by atoms with Crippen LogP contribution in [0, 0.1) is 11.3 Å². The number of anilines is 1. The topological polar surface area (TPSA) is 71.9 Å². The van der Waals surface area contributed by atoms with Crippen molar-refractivity contribution in [2.45, 2.75) is 6.61 Å². The monoisotopic (exact) mass is 173 g/mol. The Hall–Kier alpha value is -2.02. The molecule has 0 fully saturated rings. The molecule has 0 amide bonds. The summed E-state index contributed by atoms with van der Waals surface area (Å²) < 4.78 is 5.06. The summed E-state index contributed by atoms with van der Waals surface area (Å²) in [7, 11) is 0. The van der Waals surface area contributed by atoms with Crippen LogP contribution in [-0.4, -0.2) is 4.98 Å². The van der Waals surface area contributed by atoms with E-state index in [2.05, 4.69) is 4.98 Å². The maximum atomic E-state index is 8.69. The molecule has 0 aromatic carbocycles. The van der Waals surface area contributed by atoms with E-state index in [1.807, 2.05) is 6.07 Å². The molecule has 2 rings (SSSR count). The van der Waals surface area contributed by atoms with Gasteiger partial charge >= 0.3 is 0 Å². The highest BCUT2D eigenvalue weighted by atomic mass is 16.5. The van der Waals surface area contributed by atoms with E-state index >= 15 is 0 Å². The molecule has 0 spiro atoms. The predicted octanol–water partition coefficient (Wildman–Crippen LogP) is 1.04. The van der Waals surface area contributed by atoms with E-state index in [9.17, 15) is 0 Å². The van der Waals surface area contributed by atoms with Gasteiger partial charge < -0.3 is 10.5 Å². The molecule has 4 heteroatoms. The van der Waals surface area contributed by atoms with Gasteiger partial charge in [0, 0.05) is 5.56 Å². The Morgan fingerprint density at radius 2 is 2.46 bits per heavy atom. The van der Waals surface area contributed by atoms with Gasteiger partial charge in [0.25, 0.3) is 0 Å². The lowest BCUT2D eigenvalue weighted by molar-refractivity contribution is 0.234. The van der Waals surface area contributed by atoms with E-state index in [-0.39, 0.29) is 5.82 Å². The Kier molecular flexibility index (Phi) is 1.64. The van der Waals surface area contributed by atoms with Crippen LogP contribution < -0.4 is 5.73 Å². The third-order valence-corrected chi connectivity index (χ3v) is 1.85. The molecule has 2 heterocycles. The second-order valence-corrected chi connectivity index (χ2v) is 2.69. The first-order valence-corrected chi connectivity index (χ1v) is 3.79. The van der Waals surface area contributed by atoms with Crippen LogP contribution in [0.4, 0.5) is 5.82 Å². The van der Waals surface area contributed by atoms with Crippen molar-refractivity contribution < 1.29 is 4.74 Å². The molecule has 1 aromatic heterocycles. The van der Waals surface area contributed by atoms with Crippen molar-refractivity contribution in [2.24, 2.45) is 0 Å². The van der Waals surface area contributed by atoms with E-state index in [0.717, 1.165) is 11.3 Å². The molecule has 64 valence electrons. The fraction of sp³-hybridized carbons (Fsp3) is 0.111. The predicted molar refractivity (Wildman–Crippen MR) is 47.2 cm³/mol. The normalized spacial score (nSPS) is 12.8. The first-order valence-electron chi connectivity index (χ1n) is 3.79. The van der Waals surface area contributed by atoms with Crippen molar-refractivity contribution in [3.05, 3.63) is 29.1 Å². The van der Waals surface area contributed by atoms with E-state index in [1.54, 1.807) is 18.4 Å². The number of hydrogen-bond donors (Lipinski definition) is 1. The standard InChI is InChI=1S/C9H7N3O/c10-4-6-3-7-5-13-2-1-8(7)12-9(6)11/h1-3H,5H2,(H2,11,12). The summed E-state index contributed by atoms with van der Waals surface area (Å²) in [4.78, 5) is 4.07. The van der Waals surface area contributed by atoms with Gasteiger partial charge in [0.05, 0.1) is 17.5 Å². The first-order chi connectivity index (χ1) is 6.31. The minimum atomic E-state index is 0.271. The molecule has 1 aromatic rings. The highest BCUT2D eigenvalue weighted by molar-refractivity contribution is 5.58. The minimum absolute atomic E-state index is 0.271. The summed E-state index contributed by atoms with van der Waals surface area (Å²) in [6.45, 7) is 0.452. The average molecular weight is 173 g/mol. The number of hydrogen-bond acceptors (Lipinski definition) is 4. The number of rotatable bonds is 0. The van der Waals surface area contributed by atoms with E-state index in [0.29, 0.717) is 12.2 Å². The number of nitrogen functional groups attached to an aromatic ring is 1. The van der Waals surface area contributed by atoms with E-state index in [1.165, 1.54) is 0 Å². The minimum Gasteiger partial charge on any atom is -0.496 e. The Morgan fingerprint density at radius 1 is 1.62 bits per heavy atom. The maximum absolute atomic E-state index is 8.69. The van der Waals surface area contributed by atoms with Crippen LogP contribution in [0.5, 0.6) is 0 Å². The quantitative estimate of drug-likeness (QED) is 0.636. The van der Waals surface area contributed by atoms with E-state index < -0.39 is 0 Å². The molecule has 0 bridgehead atoms. The number of nitrogens with zero attached hydrogens (tertiary/aromatic N) is 2. The lowest BCUT2D eigenvalue weighted by Gasteiger charge is -2.11. The van der Waals surface area contributed by atoms with Crippen LogP contribution in [0.1, 0.15) is 16.8 Å². The zero-order valence-electron chi connectivity index (χ0n) is 6.82. The average Bonchev–Trinajstić information content (AvgIpc) is 2.17. The van der Waals surface area contributed by atoms with Gasteiger partial charge in [0.2, 0.25) is 0 Å². The number of pyridine rings is 1. The molecule has 0 atom stereocenters. The second-order valence-electron chi connectivity index (χ2n) is 2.69. The molecule has 4 nitrogen and oxygen atoms in total. The number of fused-ring (bicyclic) bond motifs is 1. The van der Waals surface area contributed by atoms with Gasteiger partial charge in [0.1, 0.15) is 18.5 Å². The molecule has 1 aliphatic heterocycles. The number of ether oxygens (including phenoxy) is 1. The van der Waals surface area contributed by atoms with Crippen molar-refractivity contribution in [2.75, 3.05) is 5.73 Å². The molecular weight excluding hydrogens is 166 g/mol. The fourth-order valence-corrected chi connectivity index (χ4v) is 1.18. The highest BCUT2D eigenvalue weighted by Gasteiger charge is 2.10. The molecule has 2 N–H and O–H groups in total. The third kappa shape index (κ3) is 1.20. The SMILES string of the molecule is N#Cc1cc2c(nc1N)C=COC2. The summed E-state index contributed by atoms with van der Waals surface area (Å²) >= 11 is 0. The molecule has 0 saturated heterocycles. The number of nitrogens with two attached hydrogens (primary N) is 1. The number of aromatic nitrogens is 1. The van der Waals surface area contributed by atoms with Crippen LogP contribution in [0.3, 0.4) is 0 Å². The maximum Gasteiger partial charge on any atom is 0.142 e. The Morgan fingerprint density at radius 3 is 3.23 bits per heavy atom. The van der Waals surface area contributed by atoms with Gasteiger partial charge in [0.15, 0.2) is 0 Å². The fourth-order valence-electron chi connectivity index (χ4n) is 1.18. The van der Waals surface area contributed by atoms with Crippen molar-refractivity contribution in [1.29, 1.82) is 5.26 Å². The van der Waals surface area contributed by atoms with Gasteiger partial charge in [-0.2, -0.15) is 5.26 Å². The van der Waals surface area contributed by atoms with Crippen LogP contribution in [-0.2, 0) is 11.3 Å². The highest BCUT2D eigenvalue weighted by Crippen LogP contribution is 2.19. The van der Waals surface area contributed by atoms with Crippen molar-refractivity contribution in [1.82, 2.24) is 4.98 Å². The Bertz CT molecular complexity index is 418. The summed E-state index contributed by atoms with van der Waals surface area (Å²) in [6, 6.07) is 3.69. The van der Waals surface area contributed by atoms with Crippen molar-refractivity contribution in [3.63, 3.8) is 0 Å². The molecule has 13 heavy (non-hydrogen) atoms. The summed E-state index contributed by atoms with van der Waals surface area (Å²) in [6.07, 6.45) is 3.30. The summed E-state index contributed by atoms with van der Waals surface area (Å²) in [5, 5.41) is 8.69. The second kappa shape index (κ2) is 2.79. The van der Waals surface area contributed by atoms with Crippen LogP contribution in [0.2, 0.25) is 0 Å². The van der Waals surface area contributed by atoms with Gasteiger partial charge in [-0.05, 0) is 12.1 Å². The molecule has 0 aliphatic carbocycles. The third-order valence-electron chi connectivity index (χ3n) is 1.85. The molecule has 0 radical (unpaired) electrons. The Balaban J connectivity index is 2.60. The zero-order chi connectivity index (χ0) is 9.26. The summed E-state index contributed by atoms with van der Waals surface area (Å²) in [5.41, 5.74) is 7.62. The number of nitriles is 1. The van der Waals surface area contributed by atoms with Crippen LogP contribution >= 0.6 is 0 Å². The van der Waals surface area contributed by atoms with Gasteiger partial charge in [-0.1, -0.05) is 0 Å². The molecular formula is C9H7N3O. The van der Waals surface area contributed by atoms with Crippen LogP contribution in [0.15, 0.2) is 12.3 Å². The summed E-state index contributed by atoms with van der Waals surface area (Å²) in [5.74, 6) is 0.271. The Labute approximate surface area is 75.3 Å². The van der Waals surface area contributed by atoms with Gasteiger partial charge in [-0.3, -0.25) is 0 Å². The lowest BCUT2D eigenvalue weighted by Crippen LogP contribution is -2.04. The van der Waals surface area contributed by atoms with Crippen molar-refractivity contribution in [3.8, 4) is 6.07 Å². The zero-order valence-corrected chi connectivity index (χ0v) is 6.82. The smallest absolute Gasteiger partial charge is 0.142 e. The molecule has 0 unspecified atom stereocenters. The largest absolute Gasteiger partial charge is 0.496 e. The molecule has 0 saturated carbocycles. The van der Waals surface area contributed by atoms with Gasteiger partial charge in [-0.15, -0.1) is 0 Å². The van der Waals surface area contributed by atoms with Gasteiger partial charge in [-0.25, -0.2) is 4.98 Å². The first kappa shape index (κ1) is 7.62. The van der Waals surface area contributed by atoms with E-state index in [4.69, 9.17) is 15.7 Å². The van der Waals surface area contributed by atoms with Crippen molar-refractivity contribution >= 4 is 11.9 Å².